The van der Waals surface area contributed by atoms with Gasteiger partial charge in [0.2, 0.25) is 0 Å². The molecule has 1 aromatic heterocycles. The van der Waals surface area contributed by atoms with Gasteiger partial charge in [-0.2, -0.15) is 4.68 Å². The van der Waals surface area contributed by atoms with Crippen molar-refractivity contribution >= 4 is 11.7 Å². The van der Waals surface area contributed by atoms with Crippen LogP contribution in [0.2, 0.25) is 0 Å². The van der Waals surface area contributed by atoms with Gasteiger partial charge >= 0.3 is 5.82 Å². The summed E-state index contributed by atoms with van der Waals surface area (Å²) < 4.78 is 1.48. The van der Waals surface area contributed by atoms with Gasteiger partial charge in [-0.15, -0.1) is 0 Å². The lowest BCUT2D eigenvalue weighted by Gasteiger charge is -2.02. The number of aromatic nitrogens is 2. The lowest BCUT2D eigenvalue weighted by molar-refractivity contribution is -0.390. The fraction of sp³-hybridized carbons (Fsp3) is 0.500. The molecule has 0 saturated heterocycles. The molecule has 104 valence electrons. The van der Waals surface area contributed by atoms with E-state index in [9.17, 15) is 14.9 Å². The maximum absolute atomic E-state index is 11.4. The van der Waals surface area contributed by atoms with Crippen molar-refractivity contribution < 1.29 is 9.72 Å². The van der Waals surface area contributed by atoms with Crippen LogP contribution in [0.3, 0.4) is 0 Å². The molecule has 2 N–H and O–H groups in total. The molecule has 0 bridgehead atoms. The largest absolute Gasteiger partial charge is 0.403 e. The van der Waals surface area contributed by atoms with E-state index in [0.717, 1.165) is 12.8 Å². The molecule has 0 radical (unpaired) electrons. The first kappa shape index (κ1) is 14.9. The molecule has 1 rings (SSSR count). The molecule has 1 aromatic rings. The minimum Gasteiger partial charge on any atom is -0.365 e. The number of carbonyl (C=O) groups excluding carboxylic acids is 1. The Bertz CT molecular complexity index is 505. The molecule has 0 aromatic carbocycles. The minimum atomic E-state index is -0.801. The second kappa shape index (κ2) is 6.67. The summed E-state index contributed by atoms with van der Waals surface area (Å²) in [7, 11) is 0. The van der Waals surface area contributed by atoms with E-state index in [-0.39, 0.29) is 5.56 Å². The average molecular weight is 266 g/mol. The van der Waals surface area contributed by atoms with E-state index in [1.54, 1.807) is 0 Å². The second-order valence-corrected chi connectivity index (χ2v) is 4.12. The Morgan fingerprint density at radius 2 is 2.26 bits per heavy atom. The maximum atomic E-state index is 11.4. The van der Waals surface area contributed by atoms with Crippen LogP contribution >= 0.6 is 0 Å². The first-order chi connectivity index (χ1) is 9.02. The van der Waals surface area contributed by atoms with Crippen molar-refractivity contribution in [1.82, 2.24) is 9.78 Å². The molecule has 1 heterocycles. The molecule has 7 nitrogen and oxygen atoms in total. The molecule has 0 aliphatic heterocycles. The van der Waals surface area contributed by atoms with E-state index < -0.39 is 16.6 Å². The zero-order valence-electron chi connectivity index (χ0n) is 11.1. The Balaban J connectivity index is 3.32. The lowest BCUT2D eigenvalue weighted by Crippen LogP contribution is -2.15. The number of carbonyl (C=O) groups is 1. The summed E-state index contributed by atoms with van der Waals surface area (Å²) in [6.07, 6.45) is 5.92. The summed E-state index contributed by atoms with van der Waals surface area (Å²) in [6.45, 7) is 4.24. The SMILES string of the molecule is CC=CCn1nc([N+](=O)[O-])c(C(N)=O)c1CCCC. The Hall–Kier alpha value is -2.18. The number of allylic oxidation sites excluding steroid dienone is 2. The molecule has 0 aliphatic rings. The first-order valence-corrected chi connectivity index (χ1v) is 6.17. The molecule has 0 unspecified atom stereocenters. The number of nitrogens with two attached hydrogens (primary N) is 1. The third-order valence-corrected chi connectivity index (χ3v) is 2.74. The molecule has 7 heteroatoms. The predicted octanol–water partition coefficient (Wildman–Crippen LogP) is 1.81. The van der Waals surface area contributed by atoms with Gasteiger partial charge in [-0.05, 0) is 24.7 Å². The van der Waals surface area contributed by atoms with E-state index >= 15 is 0 Å². The summed E-state index contributed by atoms with van der Waals surface area (Å²) in [5.74, 6) is -1.26. The van der Waals surface area contributed by atoms with Crippen molar-refractivity contribution in [2.24, 2.45) is 5.73 Å². The summed E-state index contributed by atoms with van der Waals surface area (Å²) >= 11 is 0. The van der Waals surface area contributed by atoms with Crippen LogP contribution in [-0.2, 0) is 13.0 Å². The number of nitrogens with zero attached hydrogens (tertiary/aromatic N) is 3. The number of amides is 1. The van der Waals surface area contributed by atoms with Crippen molar-refractivity contribution in [1.29, 1.82) is 0 Å². The highest BCUT2D eigenvalue weighted by Crippen LogP contribution is 2.23. The number of nitro groups is 1. The van der Waals surface area contributed by atoms with Crippen molar-refractivity contribution in [3.05, 3.63) is 33.5 Å². The van der Waals surface area contributed by atoms with Gasteiger partial charge < -0.3 is 15.8 Å². The van der Waals surface area contributed by atoms with Crippen LogP contribution in [-0.4, -0.2) is 20.6 Å². The highest BCUT2D eigenvalue weighted by molar-refractivity contribution is 5.97. The number of unbranched alkanes of at least 4 members (excludes halogenated alkanes) is 1. The number of rotatable bonds is 7. The van der Waals surface area contributed by atoms with Gasteiger partial charge in [-0.3, -0.25) is 4.79 Å². The van der Waals surface area contributed by atoms with Gasteiger partial charge in [0.25, 0.3) is 5.91 Å². The van der Waals surface area contributed by atoms with Crippen molar-refractivity contribution in [2.75, 3.05) is 0 Å². The Labute approximate surface area is 111 Å². The predicted molar refractivity (Wildman–Crippen MR) is 70.8 cm³/mol. The van der Waals surface area contributed by atoms with Gasteiger partial charge in [0.1, 0.15) is 0 Å². The smallest absolute Gasteiger partial charge is 0.365 e. The summed E-state index contributed by atoms with van der Waals surface area (Å²) in [4.78, 5) is 21.7. The van der Waals surface area contributed by atoms with Crippen molar-refractivity contribution in [2.45, 2.75) is 39.7 Å². The number of primary amides is 1. The standard InChI is InChI=1S/C12H18N4O3/c1-3-5-7-9-10(11(13)17)12(16(18)19)14-15(9)8-6-4-2/h4,6H,3,5,7-8H2,1-2H3,(H2,13,17). The molecule has 0 saturated carbocycles. The van der Waals surface area contributed by atoms with E-state index in [1.165, 1.54) is 4.68 Å². The Morgan fingerprint density at radius 3 is 2.74 bits per heavy atom. The van der Waals surface area contributed by atoms with Gasteiger partial charge in [0, 0.05) is 0 Å². The van der Waals surface area contributed by atoms with Crippen molar-refractivity contribution in [3.63, 3.8) is 0 Å². The van der Waals surface area contributed by atoms with Gasteiger partial charge in [-0.25, -0.2) is 0 Å². The Morgan fingerprint density at radius 1 is 1.58 bits per heavy atom. The summed E-state index contributed by atoms with van der Waals surface area (Å²) in [5, 5.41) is 14.8. The summed E-state index contributed by atoms with van der Waals surface area (Å²) in [5.41, 5.74) is 5.73. The van der Waals surface area contributed by atoms with Crippen molar-refractivity contribution in [3.8, 4) is 0 Å². The fourth-order valence-electron chi connectivity index (χ4n) is 1.82. The van der Waals surface area contributed by atoms with Gasteiger partial charge in [-0.1, -0.05) is 25.5 Å². The molecule has 1 amide bonds. The van der Waals surface area contributed by atoms with Crippen LogP contribution in [0, 0.1) is 10.1 Å². The van der Waals surface area contributed by atoms with E-state index in [0.29, 0.717) is 18.7 Å². The molecule has 19 heavy (non-hydrogen) atoms. The van der Waals surface area contributed by atoms with E-state index in [1.807, 2.05) is 26.0 Å². The highest BCUT2D eigenvalue weighted by atomic mass is 16.6. The highest BCUT2D eigenvalue weighted by Gasteiger charge is 2.30. The van der Waals surface area contributed by atoms with Crippen LogP contribution < -0.4 is 5.73 Å². The zero-order valence-corrected chi connectivity index (χ0v) is 11.1. The van der Waals surface area contributed by atoms with Crippen LogP contribution in [0.15, 0.2) is 12.2 Å². The van der Waals surface area contributed by atoms with Gasteiger partial charge in [0.15, 0.2) is 5.56 Å². The second-order valence-electron chi connectivity index (χ2n) is 4.12. The van der Waals surface area contributed by atoms with Crippen LogP contribution in [0.4, 0.5) is 5.82 Å². The molecular formula is C12H18N4O3. The summed E-state index contributed by atoms with van der Waals surface area (Å²) in [6, 6.07) is 0. The third-order valence-electron chi connectivity index (χ3n) is 2.74. The molecular weight excluding hydrogens is 248 g/mol. The van der Waals surface area contributed by atoms with Gasteiger partial charge in [0.05, 0.1) is 17.3 Å². The van der Waals surface area contributed by atoms with Crippen LogP contribution in [0.25, 0.3) is 0 Å². The number of hydrogen-bond donors (Lipinski definition) is 1. The zero-order chi connectivity index (χ0) is 14.4. The lowest BCUT2D eigenvalue weighted by atomic mass is 10.1. The topological polar surface area (TPSA) is 104 Å². The quantitative estimate of drug-likeness (QED) is 0.461. The maximum Gasteiger partial charge on any atom is 0.403 e. The van der Waals surface area contributed by atoms with Crippen LogP contribution in [0.1, 0.15) is 42.7 Å². The first-order valence-electron chi connectivity index (χ1n) is 6.17. The molecule has 0 aliphatic carbocycles. The van der Waals surface area contributed by atoms with E-state index in [4.69, 9.17) is 5.73 Å². The minimum absolute atomic E-state index is 0.0667. The molecule has 0 spiro atoms. The third kappa shape index (κ3) is 3.40. The number of hydrogen-bond acceptors (Lipinski definition) is 4. The monoisotopic (exact) mass is 266 g/mol. The van der Waals surface area contributed by atoms with Crippen LogP contribution in [0.5, 0.6) is 0 Å². The molecule has 0 fully saturated rings. The Kier molecular flexibility index (Phi) is 5.23. The molecule has 0 atom stereocenters. The normalized spacial score (nSPS) is 11.1. The van der Waals surface area contributed by atoms with E-state index in [2.05, 4.69) is 5.10 Å². The average Bonchev–Trinajstić information content (AvgIpc) is 2.72. The fourth-order valence-corrected chi connectivity index (χ4v) is 1.82.